The zero-order valence-electron chi connectivity index (χ0n) is 9.74. The number of rotatable bonds is 5. The van der Waals surface area contributed by atoms with Crippen LogP contribution in [0.2, 0.25) is 0 Å². The second-order valence-corrected chi connectivity index (χ2v) is 4.71. The van der Waals surface area contributed by atoms with E-state index in [1.165, 1.54) is 19.5 Å². The molecule has 0 bridgehead atoms. The molecule has 84 valence electrons. The van der Waals surface area contributed by atoms with Gasteiger partial charge >= 0.3 is 0 Å². The van der Waals surface area contributed by atoms with Crippen LogP contribution in [-0.4, -0.2) is 61.8 Å². The van der Waals surface area contributed by atoms with Gasteiger partial charge in [0.05, 0.1) is 0 Å². The summed E-state index contributed by atoms with van der Waals surface area (Å²) in [5.41, 5.74) is 0. The average Bonchev–Trinajstić information content (AvgIpc) is 2.52. The molecule has 1 heterocycles. The molecular formula is C11H24N2O. The van der Waals surface area contributed by atoms with Gasteiger partial charge in [0.25, 0.3) is 0 Å². The molecule has 3 nitrogen and oxygen atoms in total. The van der Waals surface area contributed by atoms with Crippen molar-refractivity contribution < 1.29 is 5.11 Å². The maximum Gasteiger partial charge on any atom is 0.0431 e. The first-order valence-corrected chi connectivity index (χ1v) is 5.61. The number of aliphatic hydroxyl groups is 1. The SMILES string of the molecule is CN1CCC(C(CCCO)N(C)C)C1. The van der Waals surface area contributed by atoms with Gasteiger partial charge in [-0.1, -0.05) is 0 Å². The predicted molar refractivity (Wildman–Crippen MR) is 59.4 cm³/mol. The predicted octanol–water partition coefficient (Wildman–Crippen LogP) is 0.641. The summed E-state index contributed by atoms with van der Waals surface area (Å²) in [6.07, 6.45) is 3.37. The van der Waals surface area contributed by atoms with Gasteiger partial charge in [-0.15, -0.1) is 0 Å². The largest absolute Gasteiger partial charge is 0.396 e. The van der Waals surface area contributed by atoms with E-state index in [1.807, 2.05) is 0 Å². The van der Waals surface area contributed by atoms with Gasteiger partial charge < -0.3 is 14.9 Å². The fraction of sp³-hybridized carbons (Fsp3) is 1.00. The van der Waals surface area contributed by atoms with Gasteiger partial charge in [0.2, 0.25) is 0 Å². The molecule has 0 spiro atoms. The van der Waals surface area contributed by atoms with E-state index in [-0.39, 0.29) is 0 Å². The Morgan fingerprint density at radius 2 is 2.21 bits per heavy atom. The fourth-order valence-electron chi connectivity index (χ4n) is 2.50. The molecule has 14 heavy (non-hydrogen) atoms. The topological polar surface area (TPSA) is 26.7 Å². The van der Waals surface area contributed by atoms with Gasteiger partial charge in [0, 0.05) is 19.2 Å². The molecule has 0 radical (unpaired) electrons. The minimum Gasteiger partial charge on any atom is -0.396 e. The smallest absolute Gasteiger partial charge is 0.0431 e. The van der Waals surface area contributed by atoms with Crippen molar-refractivity contribution >= 4 is 0 Å². The van der Waals surface area contributed by atoms with Crippen molar-refractivity contribution in [2.24, 2.45) is 5.92 Å². The van der Waals surface area contributed by atoms with Crippen molar-refractivity contribution in [2.75, 3.05) is 40.8 Å². The summed E-state index contributed by atoms with van der Waals surface area (Å²) in [5.74, 6) is 0.793. The van der Waals surface area contributed by atoms with Crippen LogP contribution in [0.5, 0.6) is 0 Å². The minimum absolute atomic E-state index is 0.326. The van der Waals surface area contributed by atoms with Gasteiger partial charge in [-0.2, -0.15) is 0 Å². The van der Waals surface area contributed by atoms with Gasteiger partial charge in [-0.25, -0.2) is 0 Å². The van der Waals surface area contributed by atoms with Crippen LogP contribution in [0, 0.1) is 5.92 Å². The van der Waals surface area contributed by atoms with Crippen molar-refractivity contribution in [3.8, 4) is 0 Å². The van der Waals surface area contributed by atoms with Gasteiger partial charge in [-0.3, -0.25) is 0 Å². The van der Waals surface area contributed by atoms with Crippen LogP contribution in [0.3, 0.4) is 0 Å². The van der Waals surface area contributed by atoms with E-state index < -0.39 is 0 Å². The van der Waals surface area contributed by atoms with Crippen LogP contribution < -0.4 is 0 Å². The Labute approximate surface area is 87.7 Å². The maximum absolute atomic E-state index is 8.86. The first-order valence-electron chi connectivity index (χ1n) is 5.61. The van der Waals surface area contributed by atoms with Crippen LogP contribution >= 0.6 is 0 Å². The lowest BCUT2D eigenvalue weighted by atomic mass is 9.94. The summed E-state index contributed by atoms with van der Waals surface area (Å²) in [6, 6.07) is 0.645. The summed E-state index contributed by atoms with van der Waals surface area (Å²) in [5, 5.41) is 8.86. The Morgan fingerprint density at radius 1 is 1.50 bits per heavy atom. The van der Waals surface area contributed by atoms with Crippen molar-refractivity contribution in [1.82, 2.24) is 9.80 Å². The van der Waals surface area contributed by atoms with E-state index in [1.54, 1.807) is 0 Å². The quantitative estimate of drug-likeness (QED) is 0.705. The summed E-state index contributed by atoms with van der Waals surface area (Å²) < 4.78 is 0. The molecule has 0 aromatic rings. The van der Waals surface area contributed by atoms with E-state index >= 15 is 0 Å². The number of hydrogen-bond acceptors (Lipinski definition) is 3. The number of likely N-dealkylation sites (tertiary alicyclic amines) is 1. The van der Waals surface area contributed by atoms with E-state index in [4.69, 9.17) is 5.11 Å². The number of hydrogen-bond donors (Lipinski definition) is 1. The first kappa shape index (κ1) is 12.0. The molecule has 1 aliphatic rings. The average molecular weight is 200 g/mol. The van der Waals surface area contributed by atoms with E-state index in [0.29, 0.717) is 12.6 Å². The molecule has 1 fully saturated rings. The summed E-state index contributed by atoms with van der Waals surface area (Å²) in [4.78, 5) is 4.72. The Bertz CT molecular complexity index is 161. The molecule has 2 atom stereocenters. The van der Waals surface area contributed by atoms with Crippen molar-refractivity contribution in [3.05, 3.63) is 0 Å². The molecule has 0 saturated carbocycles. The minimum atomic E-state index is 0.326. The van der Waals surface area contributed by atoms with Crippen LogP contribution in [-0.2, 0) is 0 Å². The maximum atomic E-state index is 8.86. The standard InChI is InChI=1S/C11H24N2O/c1-12(2)11(5-4-8-14)10-6-7-13(3)9-10/h10-11,14H,4-9H2,1-3H3. The van der Waals surface area contributed by atoms with E-state index in [9.17, 15) is 0 Å². The fourth-order valence-corrected chi connectivity index (χ4v) is 2.50. The highest BCUT2D eigenvalue weighted by molar-refractivity contribution is 4.83. The third kappa shape index (κ3) is 3.23. The normalized spacial score (nSPS) is 25.9. The highest BCUT2D eigenvalue weighted by Gasteiger charge is 2.28. The molecule has 1 N–H and O–H groups in total. The third-order valence-electron chi connectivity index (χ3n) is 3.29. The monoisotopic (exact) mass is 200 g/mol. The van der Waals surface area contributed by atoms with Gasteiger partial charge in [0.1, 0.15) is 0 Å². The molecule has 0 aromatic carbocycles. The zero-order valence-corrected chi connectivity index (χ0v) is 9.74. The Morgan fingerprint density at radius 3 is 2.64 bits per heavy atom. The summed E-state index contributed by atoms with van der Waals surface area (Å²) in [7, 11) is 6.50. The zero-order chi connectivity index (χ0) is 10.6. The summed E-state index contributed by atoms with van der Waals surface area (Å²) >= 11 is 0. The number of aliphatic hydroxyl groups excluding tert-OH is 1. The lowest BCUT2D eigenvalue weighted by molar-refractivity contribution is 0.179. The molecular weight excluding hydrogens is 176 g/mol. The number of nitrogens with zero attached hydrogens (tertiary/aromatic N) is 2. The van der Waals surface area contributed by atoms with Crippen LogP contribution in [0.1, 0.15) is 19.3 Å². The second kappa shape index (κ2) is 5.69. The third-order valence-corrected chi connectivity index (χ3v) is 3.29. The van der Waals surface area contributed by atoms with Crippen molar-refractivity contribution in [2.45, 2.75) is 25.3 Å². The molecule has 3 heteroatoms. The van der Waals surface area contributed by atoms with Crippen molar-refractivity contribution in [1.29, 1.82) is 0 Å². The molecule has 1 saturated heterocycles. The van der Waals surface area contributed by atoms with Crippen molar-refractivity contribution in [3.63, 3.8) is 0 Å². The Balaban J connectivity index is 2.41. The van der Waals surface area contributed by atoms with Crippen LogP contribution in [0.25, 0.3) is 0 Å². The second-order valence-electron chi connectivity index (χ2n) is 4.71. The molecule has 0 amide bonds. The Hall–Kier alpha value is -0.120. The molecule has 0 aromatic heterocycles. The van der Waals surface area contributed by atoms with E-state index in [2.05, 4.69) is 30.9 Å². The van der Waals surface area contributed by atoms with E-state index in [0.717, 1.165) is 18.8 Å². The highest BCUT2D eigenvalue weighted by Crippen LogP contribution is 2.23. The lowest BCUT2D eigenvalue weighted by Gasteiger charge is -2.29. The summed E-state index contributed by atoms with van der Waals surface area (Å²) in [6.45, 7) is 2.77. The molecule has 1 aliphatic heterocycles. The van der Waals surface area contributed by atoms with Gasteiger partial charge in [-0.05, 0) is 52.9 Å². The lowest BCUT2D eigenvalue weighted by Crippen LogP contribution is -2.36. The Kier molecular flexibility index (Phi) is 4.85. The van der Waals surface area contributed by atoms with Crippen LogP contribution in [0.4, 0.5) is 0 Å². The first-order chi connectivity index (χ1) is 6.65. The molecule has 0 aliphatic carbocycles. The highest BCUT2D eigenvalue weighted by atomic mass is 16.2. The van der Waals surface area contributed by atoms with Crippen LogP contribution in [0.15, 0.2) is 0 Å². The molecule has 1 rings (SSSR count). The van der Waals surface area contributed by atoms with Gasteiger partial charge in [0.15, 0.2) is 0 Å². The molecule has 2 unspecified atom stereocenters.